The van der Waals surface area contributed by atoms with Crippen molar-refractivity contribution in [1.29, 1.82) is 0 Å². The fourth-order valence-electron chi connectivity index (χ4n) is 3.57. The van der Waals surface area contributed by atoms with Crippen LogP contribution in [0.5, 0.6) is 0 Å². The number of rotatable bonds is 6. The average Bonchev–Trinajstić information content (AvgIpc) is 3.39. The van der Waals surface area contributed by atoms with Crippen molar-refractivity contribution < 1.29 is 48.9 Å². The fourth-order valence-corrected chi connectivity index (χ4v) is 3.57. The SMILES string of the molecule is CC(CC(=O)[O-])(C1=N[C@H](c2ccccc2)CO1)C1=N[C@H](c2ccccc2)CO1.[Na+]. The molecular weight excluding hydrogens is 379 g/mol. The van der Waals surface area contributed by atoms with Gasteiger partial charge in [-0.15, -0.1) is 0 Å². The summed E-state index contributed by atoms with van der Waals surface area (Å²) in [5.41, 5.74) is 0.931. The van der Waals surface area contributed by atoms with E-state index in [0.29, 0.717) is 25.0 Å². The zero-order chi connectivity index (χ0) is 19.6. The standard InChI is InChI=1S/C22H22N2O4.Na/c1-22(12-19(25)26,20-23-17(13-27-20)15-8-4-2-5-9-15)21-24-18(14-28-21)16-10-6-3-7-11-16;/h2-11,17-18H,12-14H2,1H3,(H,25,26);/q;+1/p-1/t17-,18-;/m0./s1. The summed E-state index contributed by atoms with van der Waals surface area (Å²) < 4.78 is 11.7. The van der Waals surface area contributed by atoms with Crippen molar-refractivity contribution in [3.05, 3.63) is 71.8 Å². The molecule has 7 heteroatoms. The van der Waals surface area contributed by atoms with Crippen LogP contribution in [0.25, 0.3) is 0 Å². The number of carbonyl (C=O) groups excluding carboxylic acids is 1. The summed E-state index contributed by atoms with van der Waals surface area (Å²) >= 11 is 0. The van der Waals surface area contributed by atoms with Crippen molar-refractivity contribution in [3.63, 3.8) is 0 Å². The van der Waals surface area contributed by atoms with Gasteiger partial charge in [0.15, 0.2) is 11.8 Å². The number of carboxylic acid groups (broad SMARTS) is 1. The van der Waals surface area contributed by atoms with Gasteiger partial charge in [0.25, 0.3) is 0 Å². The first-order chi connectivity index (χ1) is 13.6. The van der Waals surface area contributed by atoms with Crippen LogP contribution in [-0.2, 0) is 14.3 Å². The van der Waals surface area contributed by atoms with Gasteiger partial charge in [-0.25, -0.2) is 9.98 Å². The molecule has 2 aliphatic heterocycles. The summed E-state index contributed by atoms with van der Waals surface area (Å²) in [7, 11) is 0. The molecule has 2 aliphatic rings. The van der Waals surface area contributed by atoms with E-state index in [4.69, 9.17) is 9.47 Å². The first-order valence-corrected chi connectivity index (χ1v) is 9.28. The number of aliphatic carboxylic acids is 1. The maximum atomic E-state index is 11.5. The molecule has 2 aromatic rings. The molecule has 0 radical (unpaired) electrons. The molecule has 0 aliphatic carbocycles. The Labute approximate surface area is 192 Å². The van der Waals surface area contributed by atoms with Crippen molar-refractivity contribution in [2.45, 2.75) is 25.4 Å². The monoisotopic (exact) mass is 400 g/mol. The first kappa shape index (κ1) is 21.6. The predicted molar refractivity (Wildman–Crippen MR) is 103 cm³/mol. The molecule has 0 N–H and O–H groups in total. The van der Waals surface area contributed by atoms with Gasteiger partial charge in [0.2, 0.25) is 0 Å². The van der Waals surface area contributed by atoms with Gasteiger partial charge in [0.05, 0.1) is 0 Å². The second-order valence-corrected chi connectivity index (χ2v) is 7.22. The van der Waals surface area contributed by atoms with Gasteiger partial charge in [-0.2, -0.15) is 0 Å². The summed E-state index contributed by atoms with van der Waals surface area (Å²) in [5, 5.41) is 11.5. The molecule has 0 spiro atoms. The zero-order valence-corrected chi connectivity index (χ0v) is 18.6. The molecule has 0 aromatic heterocycles. The first-order valence-electron chi connectivity index (χ1n) is 9.28. The number of carboxylic acids is 1. The molecule has 0 bridgehead atoms. The molecule has 2 aromatic carbocycles. The molecular formula is C22H21N2NaO4. The minimum absolute atomic E-state index is 0. The second-order valence-electron chi connectivity index (χ2n) is 7.22. The quantitative estimate of drug-likeness (QED) is 0.611. The van der Waals surface area contributed by atoms with Gasteiger partial charge in [-0.1, -0.05) is 60.7 Å². The molecule has 0 fully saturated rings. The number of hydrogen-bond donors (Lipinski definition) is 0. The van der Waals surface area contributed by atoms with Crippen molar-refractivity contribution in [1.82, 2.24) is 0 Å². The van der Waals surface area contributed by atoms with Gasteiger partial charge < -0.3 is 19.4 Å². The van der Waals surface area contributed by atoms with E-state index in [1.807, 2.05) is 60.7 Å². The van der Waals surface area contributed by atoms with Crippen molar-refractivity contribution >= 4 is 17.8 Å². The number of nitrogens with zero attached hydrogens (tertiary/aromatic N) is 2. The zero-order valence-electron chi connectivity index (χ0n) is 16.6. The van der Waals surface area contributed by atoms with Crippen LogP contribution < -0.4 is 34.7 Å². The maximum absolute atomic E-state index is 11.5. The van der Waals surface area contributed by atoms with Crippen LogP contribution in [0.15, 0.2) is 70.6 Å². The summed E-state index contributed by atoms with van der Waals surface area (Å²) in [6.45, 7) is 2.45. The molecule has 0 unspecified atom stereocenters. The van der Waals surface area contributed by atoms with E-state index in [1.165, 1.54) is 0 Å². The molecule has 0 saturated heterocycles. The molecule has 2 atom stereocenters. The largest absolute Gasteiger partial charge is 1.00 e. The normalized spacial score (nSPS) is 20.7. The molecule has 144 valence electrons. The second kappa shape index (κ2) is 9.11. The molecule has 4 rings (SSSR count). The van der Waals surface area contributed by atoms with Crippen LogP contribution in [0.2, 0.25) is 0 Å². The topological polar surface area (TPSA) is 83.3 Å². The van der Waals surface area contributed by atoms with Crippen LogP contribution in [-0.4, -0.2) is 31.0 Å². The maximum Gasteiger partial charge on any atom is 1.00 e. The summed E-state index contributed by atoms with van der Waals surface area (Å²) in [4.78, 5) is 20.8. The minimum atomic E-state index is -1.20. The summed E-state index contributed by atoms with van der Waals surface area (Å²) in [6, 6.07) is 19.2. The van der Waals surface area contributed by atoms with Crippen LogP contribution >= 0.6 is 0 Å². The van der Waals surface area contributed by atoms with Gasteiger partial charge in [-0.05, 0) is 18.1 Å². The molecule has 29 heavy (non-hydrogen) atoms. The van der Waals surface area contributed by atoms with Gasteiger partial charge in [0.1, 0.15) is 30.7 Å². The van der Waals surface area contributed by atoms with Gasteiger partial charge in [-0.3, -0.25) is 0 Å². The number of ether oxygens (including phenoxy) is 2. The van der Waals surface area contributed by atoms with Crippen LogP contribution in [0.3, 0.4) is 0 Å². The average molecular weight is 400 g/mol. The van der Waals surface area contributed by atoms with E-state index in [9.17, 15) is 9.90 Å². The molecule has 0 saturated carbocycles. The van der Waals surface area contributed by atoms with Crippen LogP contribution in [0.1, 0.15) is 36.6 Å². The Morgan fingerprint density at radius 1 is 0.931 bits per heavy atom. The van der Waals surface area contributed by atoms with Gasteiger partial charge >= 0.3 is 29.6 Å². The number of carbonyl (C=O) groups is 1. The van der Waals surface area contributed by atoms with E-state index in [1.54, 1.807) is 6.92 Å². The Hall–Kier alpha value is -2.15. The molecule has 2 heterocycles. The number of benzene rings is 2. The Kier molecular flexibility index (Phi) is 6.77. The van der Waals surface area contributed by atoms with Crippen molar-refractivity contribution in [2.24, 2.45) is 15.4 Å². The Bertz CT molecular complexity index is 849. The third-order valence-electron chi connectivity index (χ3n) is 5.11. The Balaban J connectivity index is 0.00000240. The number of hydrogen-bond acceptors (Lipinski definition) is 6. The third kappa shape index (κ3) is 4.55. The third-order valence-corrected chi connectivity index (χ3v) is 5.11. The summed E-state index contributed by atoms with van der Waals surface area (Å²) in [5.74, 6) is -0.539. The number of aliphatic imine (C=N–C) groups is 2. The van der Waals surface area contributed by atoms with Crippen LogP contribution in [0.4, 0.5) is 0 Å². The molecule has 0 amide bonds. The van der Waals surface area contributed by atoms with Crippen LogP contribution in [0, 0.1) is 5.41 Å². The van der Waals surface area contributed by atoms with Crippen molar-refractivity contribution in [3.8, 4) is 0 Å². The van der Waals surface area contributed by atoms with Gasteiger partial charge in [0, 0.05) is 12.4 Å². The van der Waals surface area contributed by atoms with E-state index in [-0.39, 0.29) is 48.1 Å². The van der Waals surface area contributed by atoms with E-state index in [2.05, 4.69) is 9.98 Å². The van der Waals surface area contributed by atoms with E-state index < -0.39 is 11.4 Å². The predicted octanol–water partition coefficient (Wildman–Crippen LogP) is -0.523. The van der Waals surface area contributed by atoms with Crippen molar-refractivity contribution in [2.75, 3.05) is 13.2 Å². The molecule has 6 nitrogen and oxygen atoms in total. The Morgan fingerprint density at radius 2 is 1.34 bits per heavy atom. The minimum Gasteiger partial charge on any atom is -0.550 e. The van der Waals surface area contributed by atoms with E-state index in [0.717, 1.165) is 11.1 Å². The summed E-state index contributed by atoms with van der Waals surface area (Å²) in [6.07, 6.45) is -0.312. The Morgan fingerprint density at radius 3 is 1.72 bits per heavy atom. The smallest absolute Gasteiger partial charge is 0.550 e. The van der Waals surface area contributed by atoms with E-state index >= 15 is 0 Å². The fraction of sp³-hybridized carbons (Fsp3) is 0.318.